The lowest BCUT2D eigenvalue weighted by atomic mass is 9.81. The van der Waals surface area contributed by atoms with Crippen LogP contribution in [-0.2, 0) is 5.41 Å². The summed E-state index contributed by atoms with van der Waals surface area (Å²) >= 11 is 3.64. The summed E-state index contributed by atoms with van der Waals surface area (Å²) in [6.07, 6.45) is 5.46. The molecule has 1 aromatic carbocycles. The molecule has 2 rings (SSSR count). The number of rotatable bonds is 1. The highest BCUT2D eigenvalue weighted by molar-refractivity contribution is 9.10. The average Bonchev–Trinajstić information content (AvgIpc) is 2.54. The second-order valence-corrected chi connectivity index (χ2v) is 5.10. The highest BCUT2D eigenvalue weighted by Crippen LogP contribution is 2.43. The molecule has 1 aliphatic carbocycles. The van der Waals surface area contributed by atoms with E-state index >= 15 is 0 Å². The van der Waals surface area contributed by atoms with Gasteiger partial charge in [-0.1, -0.05) is 53.9 Å². The summed E-state index contributed by atoms with van der Waals surface area (Å²) in [7, 11) is 0. The van der Waals surface area contributed by atoms with E-state index in [1.54, 1.807) is 0 Å². The Morgan fingerprint density at radius 1 is 1.15 bits per heavy atom. The third-order valence-electron chi connectivity index (χ3n) is 3.23. The lowest BCUT2D eigenvalue weighted by Gasteiger charge is -2.25. The van der Waals surface area contributed by atoms with Crippen LogP contribution >= 0.6 is 15.9 Å². The summed E-state index contributed by atoms with van der Waals surface area (Å²) in [5.41, 5.74) is 1.92. The summed E-state index contributed by atoms with van der Waals surface area (Å²) in [6.45, 7) is 2.39. The first-order valence-electron chi connectivity index (χ1n) is 4.97. The molecule has 0 N–H and O–H groups in total. The molecule has 0 unspecified atom stereocenters. The van der Waals surface area contributed by atoms with Crippen molar-refractivity contribution >= 4 is 15.9 Å². The van der Waals surface area contributed by atoms with Gasteiger partial charge in [0.1, 0.15) is 0 Å². The van der Waals surface area contributed by atoms with E-state index < -0.39 is 0 Å². The molecular weight excluding hydrogens is 224 g/mol. The number of hydrogen-bond donors (Lipinski definition) is 0. The van der Waals surface area contributed by atoms with E-state index in [1.165, 1.54) is 35.7 Å². The summed E-state index contributed by atoms with van der Waals surface area (Å²) < 4.78 is 1.28. The Bertz CT molecular complexity index is 298. The molecule has 0 saturated heterocycles. The molecule has 0 spiro atoms. The SMILES string of the molecule is CC1(c2ccccc2Br)CCCC1. The van der Waals surface area contributed by atoms with Crippen molar-refractivity contribution in [1.82, 2.24) is 0 Å². The number of halogens is 1. The minimum absolute atomic E-state index is 0.431. The molecule has 70 valence electrons. The molecule has 1 aromatic rings. The number of benzene rings is 1. The monoisotopic (exact) mass is 238 g/mol. The smallest absolute Gasteiger partial charge is 0.0212 e. The van der Waals surface area contributed by atoms with Gasteiger partial charge in [0, 0.05) is 4.47 Å². The van der Waals surface area contributed by atoms with Crippen LogP contribution in [0.1, 0.15) is 38.2 Å². The molecule has 1 fully saturated rings. The van der Waals surface area contributed by atoms with E-state index in [2.05, 4.69) is 47.1 Å². The molecule has 0 amide bonds. The fourth-order valence-electron chi connectivity index (χ4n) is 2.38. The molecule has 13 heavy (non-hydrogen) atoms. The molecule has 0 bridgehead atoms. The van der Waals surface area contributed by atoms with Crippen molar-refractivity contribution in [2.45, 2.75) is 38.0 Å². The second kappa shape index (κ2) is 3.45. The van der Waals surface area contributed by atoms with Crippen LogP contribution in [0.5, 0.6) is 0 Å². The topological polar surface area (TPSA) is 0 Å². The van der Waals surface area contributed by atoms with E-state index in [4.69, 9.17) is 0 Å². The molecule has 0 atom stereocenters. The van der Waals surface area contributed by atoms with E-state index in [0.29, 0.717) is 5.41 Å². The lowest BCUT2D eigenvalue weighted by molar-refractivity contribution is 0.489. The van der Waals surface area contributed by atoms with Crippen molar-refractivity contribution in [2.75, 3.05) is 0 Å². The van der Waals surface area contributed by atoms with E-state index in [-0.39, 0.29) is 0 Å². The quantitative estimate of drug-likeness (QED) is 0.686. The molecule has 0 nitrogen and oxygen atoms in total. The van der Waals surface area contributed by atoms with Crippen molar-refractivity contribution in [1.29, 1.82) is 0 Å². The predicted octanol–water partition coefficient (Wildman–Crippen LogP) is 4.28. The fraction of sp³-hybridized carbons (Fsp3) is 0.500. The van der Waals surface area contributed by atoms with Gasteiger partial charge >= 0.3 is 0 Å². The highest BCUT2D eigenvalue weighted by Gasteiger charge is 2.31. The zero-order valence-electron chi connectivity index (χ0n) is 8.02. The Morgan fingerprint density at radius 2 is 1.77 bits per heavy atom. The van der Waals surface area contributed by atoms with Crippen LogP contribution < -0.4 is 0 Å². The van der Waals surface area contributed by atoms with Gasteiger partial charge in [-0.3, -0.25) is 0 Å². The fourth-order valence-corrected chi connectivity index (χ4v) is 3.14. The molecule has 0 aromatic heterocycles. The van der Waals surface area contributed by atoms with E-state index in [0.717, 1.165) is 0 Å². The summed E-state index contributed by atoms with van der Waals surface area (Å²) in [5.74, 6) is 0. The largest absolute Gasteiger partial charge is 0.0619 e. The minimum atomic E-state index is 0.431. The zero-order chi connectivity index (χ0) is 9.31. The molecule has 1 aliphatic rings. The van der Waals surface area contributed by atoms with Crippen molar-refractivity contribution in [3.8, 4) is 0 Å². The van der Waals surface area contributed by atoms with Gasteiger partial charge in [-0.05, 0) is 29.9 Å². The lowest BCUT2D eigenvalue weighted by Crippen LogP contribution is -2.17. The van der Waals surface area contributed by atoms with Crippen LogP contribution in [0.3, 0.4) is 0 Å². The summed E-state index contributed by atoms with van der Waals surface area (Å²) in [4.78, 5) is 0. The minimum Gasteiger partial charge on any atom is -0.0619 e. The van der Waals surface area contributed by atoms with Gasteiger partial charge in [-0.15, -0.1) is 0 Å². The first-order chi connectivity index (χ1) is 6.22. The Morgan fingerprint density at radius 3 is 2.38 bits per heavy atom. The van der Waals surface area contributed by atoms with Crippen LogP contribution in [0, 0.1) is 0 Å². The third kappa shape index (κ3) is 1.67. The first kappa shape index (κ1) is 9.26. The van der Waals surface area contributed by atoms with Crippen LogP contribution in [0.25, 0.3) is 0 Å². The molecule has 0 heterocycles. The zero-order valence-corrected chi connectivity index (χ0v) is 9.60. The molecule has 0 aliphatic heterocycles. The van der Waals surface area contributed by atoms with Gasteiger partial charge in [0.25, 0.3) is 0 Å². The third-order valence-corrected chi connectivity index (χ3v) is 3.92. The van der Waals surface area contributed by atoms with Gasteiger partial charge in [-0.25, -0.2) is 0 Å². The maximum atomic E-state index is 3.64. The molecular formula is C12H15Br. The van der Waals surface area contributed by atoms with Gasteiger partial charge in [-0.2, -0.15) is 0 Å². The second-order valence-electron chi connectivity index (χ2n) is 4.25. The standard InChI is InChI=1S/C12H15Br/c1-12(8-4-5-9-12)10-6-2-3-7-11(10)13/h2-3,6-7H,4-5,8-9H2,1H3. The Kier molecular flexibility index (Phi) is 2.46. The Balaban J connectivity index is 2.39. The van der Waals surface area contributed by atoms with E-state index in [9.17, 15) is 0 Å². The van der Waals surface area contributed by atoms with Gasteiger partial charge in [0.15, 0.2) is 0 Å². The van der Waals surface area contributed by atoms with Gasteiger partial charge in [0.05, 0.1) is 0 Å². The van der Waals surface area contributed by atoms with Crippen LogP contribution in [0.4, 0.5) is 0 Å². The van der Waals surface area contributed by atoms with E-state index in [1.807, 2.05) is 0 Å². The molecule has 0 radical (unpaired) electrons. The predicted molar refractivity (Wildman–Crippen MR) is 60.0 cm³/mol. The van der Waals surface area contributed by atoms with Gasteiger partial charge < -0.3 is 0 Å². The maximum absolute atomic E-state index is 3.64. The molecule has 1 saturated carbocycles. The maximum Gasteiger partial charge on any atom is 0.0212 e. The van der Waals surface area contributed by atoms with Crippen molar-refractivity contribution in [3.63, 3.8) is 0 Å². The Labute approximate surface area is 88.5 Å². The van der Waals surface area contributed by atoms with Crippen LogP contribution in [-0.4, -0.2) is 0 Å². The van der Waals surface area contributed by atoms with Gasteiger partial charge in [0.2, 0.25) is 0 Å². The average molecular weight is 239 g/mol. The number of hydrogen-bond acceptors (Lipinski definition) is 0. The van der Waals surface area contributed by atoms with Crippen LogP contribution in [0.2, 0.25) is 0 Å². The van der Waals surface area contributed by atoms with Crippen LogP contribution in [0.15, 0.2) is 28.7 Å². The normalized spacial score (nSPS) is 20.5. The van der Waals surface area contributed by atoms with Crippen molar-refractivity contribution in [3.05, 3.63) is 34.3 Å². The molecule has 1 heteroatoms. The van der Waals surface area contributed by atoms with Crippen molar-refractivity contribution in [2.24, 2.45) is 0 Å². The summed E-state index contributed by atoms with van der Waals surface area (Å²) in [6, 6.07) is 8.64. The first-order valence-corrected chi connectivity index (χ1v) is 5.77. The summed E-state index contributed by atoms with van der Waals surface area (Å²) in [5, 5.41) is 0. The highest BCUT2D eigenvalue weighted by atomic mass is 79.9. The Hall–Kier alpha value is -0.300. The van der Waals surface area contributed by atoms with Crippen molar-refractivity contribution < 1.29 is 0 Å².